The molecule has 1 unspecified atom stereocenters. The Morgan fingerprint density at radius 1 is 1.00 bits per heavy atom. The van der Waals surface area contributed by atoms with E-state index in [9.17, 15) is 9.59 Å². The van der Waals surface area contributed by atoms with Gasteiger partial charge in [0.05, 0.1) is 0 Å². The second-order valence-corrected chi connectivity index (χ2v) is 8.09. The average Bonchev–Trinajstić information content (AvgIpc) is 3.04. The summed E-state index contributed by atoms with van der Waals surface area (Å²) in [5, 5.41) is 0. The van der Waals surface area contributed by atoms with Gasteiger partial charge in [0.15, 0.2) is 11.6 Å². The number of aryl methyl sites for hydroxylation is 2. The van der Waals surface area contributed by atoms with Gasteiger partial charge in [-0.2, -0.15) is 0 Å². The highest BCUT2D eigenvalue weighted by Crippen LogP contribution is 2.37. The summed E-state index contributed by atoms with van der Waals surface area (Å²) in [6, 6.07) is 9.76. The summed E-state index contributed by atoms with van der Waals surface area (Å²) >= 11 is 0. The highest BCUT2D eigenvalue weighted by Gasteiger charge is 2.24. The first kappa shape index (κ1) is 22.1. The van der Waals surface area contributed by atoms with Crippen LogP contribution in [0.15, 0.2) is 30.3 Å². The number of rotatable bonds is 5. The second-order valence-electron chi connectivity index (χ2n) is 8.09. The molecule has 0 spiro atoms. The van der Waals surface area contributed by atoms with Crippen LogP contribution in [0.3, 0.4) is 0 Å². The number of fused-ring (bicyclic) bond motifs is 1. The van der Waals surface area contributed by atoms with Gasteiger partial charge in [-0.15, -0.1) is 0 Å². The fourth-order valence-electron chi connectivity index (χ4n) is 3.84. The smallest absolute Gasteiger partial charge is 0.163 e. The molecule has 1 aliphatic rings. The number of benzene rings is 2. The van der Waals surface area contributed by atoms with Crippen molar-refractivity contribution in [3.8, 4) is 11.1 Å². The molecular formula is C26H34O2. The third kappa shape index (κ3) is 4.98. The Bertz CT molecular complexity index is 861. The number of ketones is 2. The number of Topliss-reactive ketones (excluding diaryl/α,β-unsaturated/α-hetero) is 2. The molecule has 0 N–H and O–H groups in total. The lowest BCUT2D eigenvalue weighted by atomic mass is 9.89. The first-order valence-electron chi connectivity index (χ1n) is 10.6. The maximum atomic E-state index is 12.0. The zero-order valence-corrected chi connectivity index (χ0v) is 18.3. The van der Waals surface area contributed by atoms with E-state index in [0.29, 0.717) is 6.42 Å². The van der Waals surface area contributed by atoms with E-state index in [1.54, 1.807) is 6.92 Å². The second kappa shape index (κ2) is 9.82. The van der Waals surface area contributed by atoms with Crippen LogP contribution in [0.2, 0.25) is 0 Å². The topological polar surface area (TPSA) is 34.1 Å². The third-order valence-electron chi connectivity index (χ3n) is 5.82. The van der Waals surface area contributed by atoms with E-state index in [-0.39, 0.29) is 11.6 Å². The summed E-state index contributed by atoms with van der Waals surface area (Å²) in [5.74, 6) is 1.24. The summed E-state index contributed by atoms with van der Waals surface area (Å²) in [4.78, 5) is 23.6. The van der Waals surface area contributed by atoms with E-state index in [4.69, 9.17) is 0 Å². The summed E-state index contributed by atoms with van der Waals surface area (Å²) in [5.41, 5.74) is 7.22. The zero-order chi connectivity index (χ0) is 20.8. The maximum absolute atomic E-state index is 12.0. The van der Waals surface area contributed by atoms with Crippen molar-refractivity contribution in [2.24, 2.45) is 5.92 Å². The Hall–Kier alpha value is -2.22. The van der Waals surface area contributed by atoms with Gasteiger partial charge in [0.25, 0.3) is 0 Å². The van der Waals surface area contributed by atoms with Gasteiger partial charge in [-0.1, -0.05) is 64.3 Å². The predicted octanol–water partition coefficient (Wildman–Crippen LogP) is 7.13. The van der Waals surface area contributed by atoms with Gasteiger partial charge in [-0.05, 0) is 67.0 Å². The molecular weight excluding hydrogens is 344 g/mol. The van der Waals surface area contributed by atoms with Crippen LogP contribution in [0.5, 0.6) is 0 Å². The fraction of sp³-hybridized carbons (Fsp3) is 0.462. The molecule has 150 valence electrons. The Labute approximate surface area is 170 Å². The van der Waals surface area contributed by atoms with Gasteiger partial charge in [0, 0.05) is 17.5 Å². The van der Waals surface area contributed by atoms with Crippen LogP contribution in [0, 0.1) is 19.8 Å². The first-order valence-corrected chi connectivity index (χ1v) is 10.6. The minimum Gasteiger partial charge on any atom is -0.295 e. The minimum absolute atomic E-state index is 0.0672. The Morgan fingerprint density at radius 2 is 1.68 bits per heavy atom. The van der Waals surface area contributed by atoms with Crippen LogP contribution < -0.4 is 0 Å². The van der Waals surface area contributed by atoms with Crippen molar-refractivity contribution in [2.75, 3.05) is 0 Å². The van der Waals surface area contributed by atoms with Crippen LogP contribution in [0.1, 0.15) is 90.8 Å². The van der Waals surface area contributed by atoms with Gasteiger partial charge >= 0.3 is 0 Å². The number of carbonyl (C=O) groups is 2. The molecule has 0 bridgehead atoms. The van der Waals surface area contributed by atoms with Crippen LogP contribution >= 0.6 is 0 Å². The van der Waals surface area contributed by atoms with Crippen molar-refractivity contribution >= 4 is 11.6 Å². The molecule has 0 radical (unpaired) electrons. The Morgan fingerprint density at radius 3 is 2.25 bits per heavy atom. The van der Waals surface area contributed by atoms with Gasteiger partial charge < -0.3 is 0 Å². The van der Waals surface area contributed by atoms with Crippen molar-refractivity contribution in [3.63, 3.8) is 0 Å². The molecule has 2 aromatic rings. The predicted molar refractivity (Wildman–Crippen MR) is 118 cm³/mol. The fourth-order valence-corrected chi connectivity index (χ4v) is 3.84. The standard InChI is InChI=1S/C19H18O2.C7H16/c1-11-4-6-14(13(3)20)10-17(11)19-12(2)5-7-15-16(19)8-9-18(15)21;1-4-6-7(3)5-2/h4-7,10H,8-9H2,1-3H3;7H,4-6H2,1-3H3. The van der Waals surface area contributed by atoms with E-state index in [2.05, 4.69) is 34.6 Å². The quantitative estimate of drug-likeness (QED) is 0.518. The van der Waals surface area contributed by atoms with E-state index < -0.39 is 0 Å². The molecule has 2 heteroatoms. The molecule has 2 aromatic carbocycles. The van der Waals surface area contributed by atoms with Crippen molar-refractivity contribution in [2.45, 2.75) is 73.6 Å². The van der Waals surface area contributed by atoms with Crippen LogP contribution in [0.25, 0.3) is 11.1 Å². The van der Waals surface area contributed by atoms with E-state index in [1.165, 1.54) is 19.3 Å². The van der Waals surface area contributed by atoms with Gasteiger partial charge in [0.2, 0.25) is 0 Å². The molecule has 0 saturated heterocycles. The highest BCUT2D eigenvalue weighted by atomic mass is 16.1. The molecule has 0 aromatic heterocycles. The monoisotopic (exact) mass is 378 g/mol. The van der Waals surface area contributed by atoms with E-state index >= 15 is 0 Å². The summed E-state index contributed by atoms with van der Waals surface area (Å²) in [6.07, 6.45) is 5.48. The zero-order valence-electron chi connectivity index (χ0n) is 18.3. The molecule has 2 nitrogen and oxygen atoms in total. The van der Waals surface area contributed by atoms with Crippen molar-refractivity contribution < 1.29 is 9.59 Å². The van der Waals surface area contributed by atoms with Crippen molar-refractivity contribution in [1.29, 1.82) is 0 Å². The molecule has 1 atom stereocenters. The summed E-state index contributed by atoms with van der Waals surface area (Å²) < 4.78 is 0. The molecule has 0 amide bonds. The number of hydrogen-bond donors (Lipinski definition) is 0. The van der Waals surface area contributed by atoms with Crippen LogP contribution in [0.4, 0.5) is 0 Å². The lowest BCUT2D eigenvalue weighted by molar-refractivity contribution is 0.0991. The number of hydrogen-bond acceptors (Lipinski definition) is 2. The molecule has 0 aliphatic heterocycles. The van der Waals surface area contributed by atoms with Crippen molar-refractivity contribution in [1.82, 2.24) is 0 Å². The molecule has 0 saturated carbocycles. The van der Waals surface area contributed by atoms with Crippen LogP contribution in [-0.4, -0.2) is 11.6 Å². The van der Waals surface area contributed by atoms with Crippen LogP contribution in [-0.2, 0) is 6.42 Å². The van der Waals surface area contributed by atoms with E-state index in [0.717, 1.165) is 51.3 Å². The summed E-state index contributed by atoms with van der Waals surface area (Å²) in [6.45, 7) is 12.5. The summed E-state index contributed by atoms with van der Waals surface area (Å²) in [7, 11) is 0. The average molecular weight is 379 g/mol. The van der Waals surface area contributed by atoms with Gasteiger partial charge in [-0.25, -0.2) is 0 Å². The molecule has 3 rings (SSSR count). The van der Waals surface area contributed by atoms with Crippen molar-refractivity contribution in [3.05, 3.63) is 58.1 Å². The lowest BCUT2D eigenvalue weighted by Crippen LogP contribution is -1.99. The lowest BCUT2D eigenvalue weighted by Gasteiger charge is -2.15. The third-order valence-corrected chi connectivity index (χ3v) is 5.82. The Balaban J connectivity index is 0.000000345. The SMILES string of the molecule is CC(=O)c1ccc(C)c(-c2c(C)ccc3c2CCC3=O)c1.CCCC(C)CC. The molecule has 28 heavy (non-hydrogen) atoms. The maximum Gasteiger partial charge on any atom is 0.163 e. The normalized spacial score (nSPS) is 13.6. The molecule has 0 heterocycles. The minimum atomic E-state index is 0.0672. The van der Waals surface area contributed by atoms with Gasteiger partial charge in [-0.3, -0.25) is 9.59 Å². The first-order chi connectivity index (χ1) is 13.3. The van der Waals surface area contributed by atoms with Gasteiger partial charge in [0.1, 0.15) is 0 Å². The largest absolute Gasteiger partial charge is 0.295 e. The molecule has 1 aliphatic carbocycles. The molecule has 0 fully saturated rings. The Kier molecular flexibility index (Phi) is 7.74. The van der Waals surface area contributed by atoms with E-state index in [1.807, 2.05) is 30.3 Å². The highest BCUT2D eigenvalue weighted by molar-refractivity contribution is 6.03. The number of carbonyl (C=O) groups excluding carboxylic acids is 2.